The number of halogens is 1. The van der Waals surface area contributed by atoms with Crippen molar-refractivity contribution in [2.75, 3.05) is 5.32 Å². The molecule has 7 heteroatoms. The highest BCUT2D eigenvalue weighted by Crippen LogP contribution is 2.37. The van der Waals surface area contributed by atoms with Crippen molar-refractivity contribution < 1.29 is 13.9 Å². The van der Waals surface area contributed by atoms with E-state index in [9.17, 15) is 9.18 Å². The van der Waals surface area contributed by atoms with Crippen LogP contribution in [0.25, 0.3) is 28.2 Å². The molecule has 0 saturated heterocycles. The number of fused-ring (bicyclic) bond motifs is 2. The minimum atomic E-state index is -0.309. The first-order valence-electron chi connectivity index (χ1n) is 9.72. The van der Waals surface area contributed by atoms with E-state index in [0.29, 0.717) is 23.6 Å². The second kappa shape index (κ2) is 6.95. The molecule has 0 aliphatic carbocycles. The number of carbonyl (C=O) groups is 1. The number of nitrogens with one attached hydrogen (secondary N) is 1. The van der Waals surface area contributed by atoms with Gasteiger partial charge in [0.25, 0.3) is 5.88 Å². The fourth-order valence-electron chi connectivity index (χ4n) is 3.72. The first-order chi connectivity index (χ1) is 14.5. The minimum Gasteiger partial charge on any atom is -0.472 e. The third-order valence-corrected chi connectivity index (χ3v) is 4.98. The number of anilines is 1. The fraction of sp³-hybridized carbons (Fsp3) is 0.174. The van der Waals surface area contributed by atoms with Crippen LogP contribution in [0.3, 0.4) is 0 Å². The van der Waals surface area contributed by atoms with Crippen LogP contribution < -0.4 is 10.1 Å². The van der Waals surface area contributed by atoms with E-state index in [1.165, 1.54) is 12.1 Å². The number of carbonyl (C=O) groups excluding carboxylic acids is 1. The molecule has 6 nitrogen and oxygen atoms in total. The number of hydrogen-bond acceptors (Lipinski definition) is 4. The number of rotatable bonds is 4. The molecule has 0 saturated carbocycles. The van der Waals surface area contributed by atoms with Gasteiger partial charge < -0.3 is 10.1 Å². The first-order valence-corrected chi connectivity index (χ1v) is 9.72. The first kappa shape index (κ1) is 18.3. The van der Waals surface area contributed by atoms with E-state index in [1.54, 1.807) is 18.3 Å². The van der Waals surface area contributed by atoms with Crippen molar-refractivity contribution in [3.05, 3.63) is 66.2 Å². The van der Waals surface area contributed by atoms with Gasteiger partial charge in [-0.2, -0.15) is 0 Å². The SMILES string of the molecule is CC(C)Oc1nccn2c(-c3ccc4c(c3)CC(=O)N4)c(-c3ccc(F)cc3)nc12. The smallest absolute Gasteiger partial charge is 0.258 e. The molecule has 0 spiro atoms. The zero-order valence-corrected chi connectivity index (χ0v) is 16.5. The average molecular weight is 402 g/mol. The molecule has 2 aromatic heterocycles. The second-order valence-corrected chi connectivity index (χ2v) is 7.51. The number of imidazole rings is 1. The zero-order chi connectivity index (χ0) is 20.8. The number of hydrogen-bond donors (Lipinski definition) is 1. The van der Waals surface area contributed by atoms with E-state index in [1.807, 2.05) is 42.6 Å². The van der Waals surface area contributed by atoms with Gasteiger partial charge in [0.15, 0.2) is 0 Å². The van der Waals surface area contributed by atoms with Gasteiger partial charge in [-0.25, -0.2) is 14.4 Å². The number of benzene rings is 2. The summed E-state index contributed by atoms with van der Waals surface area (Å²) < 4.78 is 21.3. The normalized spacial score (nSPS) is 13.0. The lowest BCUT2D eigenvalue weighted by Gasteiger charge is -2.10. The van der Waals surface area contributed by atoms with Crippen LogP contribution in [0.2, 0.25) is 0 Å². The molecular weight excluding hydrogens is 383 g/mol. The Morgan fingerprint density at radius 1 is 1.13 bits per heavy atom. The lowest BCUT2D eigenvalue weighted by atomic mass is 10.0. The molecule has 30 heavy (non-hydrogen) atoms. The molecule has 1 N–H and O–H groups in total. The maximum atomic E-state index is 13.5. The van der Waals surface area contributed by atoms with Crippen molar-refractivity contribution in [1.29, 1.82) is 0 Å². The molecule has 0 fully saturated rings. The summed E-state index contributed by atoms with van der Waals surface area (Å²) in [5, 5.41) is 2.86. The Hall–Kier alpha value is -3.74. The molecule has 0 bridgehead atoms. The largest absolute Gasteiger partial charge is 0.472 e. The van der Waals surface area contributed by atoms with Crippen LogP contribution in [-0.4, -0.2) is 26.4 Å². The Morgan fingerprint density at radius 3 is 2.67 bits per heavy atom. The predicted molar refractivity (Wildman–Crippen MR) is 112 cm³/mol. The molecule has 5 rings (SSSR count). The summed E-state index contributed by atoms with van der Waals surface area (Å²) >= 11 is 0. The molecule has 0 unspecified atom stereocenters. The van der Waals surface area contributed by atoms with E-state index < -0.39 is 0 Å². The van der Waals surface area contributed by atoms with Crippen molar-refractivity contribution in [3.63, 3.8) is 0 Å². The second-order valence-electron chi connectivity index (χ2n) is 7.51. The Morgan fingerprint density at radius 2 is 1.90 bits per heavy atom. The van der Waals surface area contributed by atoms with Crippen LogP contribution in [0, 0.1) is 5.82 Å². The molecule has 3 heterocycles. The lowest BCUT2D eigenvalue weighted by Crippen LogP contribution is -2.08. The maximum Gasteiger partial charge on any atom is 0.258 e. The van der Waals surface area contributed by atoms with E-state index in [-0.39, 0.29) is 17.8 Å². The molecule has 1 aliphatic rings. The molecule has 4 aromatic rings. The van der Waals surface area contributed by atoms with Gasteiger partial charge in [0.05, 0.1) is 23.9 Å². The molecule has 150 valence electrons. The van der Waals surface area contributed by atoms with E-state index in [0.717, 1.165) is 28.1 Å². The monoisotopic (exact) mass is 402 g/mol. The number of amides is 1. The summed E-state index contributed by atoms with van der Waals surface area (Å²) in [5.74, 6) is 0.104. The summed E-state index contributed by atoms with van der Waals surface area (Å²) in [7, 11) is 0. The van der Waals surface area contributed by atoms with Gasteiger partial charge in [-0.3, -0.25) is 9.20 Å². The summed E-state index contributed by atoms with van der Waals surface area (Å²) in [6.07, 6.45) is 3.78. The molecule has 2 aromatic carbocycles. The van der Waals surface area contributed by atoms with Gasteiger partial charge in [-0.15, -0.1) is 0 Å². The third-order valence-electron chi connectivity index (χ3n) is 4.98. The highest BCUT2D eigenvalue weighted by atomic mass is 19.1. The molecule has 1 aliphatic heterocycles. The van der Waals surface area contributed by atoms with Gasteiger partial charge in [-0.05, 0) is 55.8 Å². The highest BCUT2D eigenvalue weighted by Gasteiger charge is 2.23. The van der Waals surface area contributed by atoms with Gasteiger partial charge >= 0.3 is 0 Å². The average Bonchev–Trinajstić information content (AvgIpc) is 3.28. The van der Waals surface area contributed by atoms with Crippen molar-refractivity contribution in [2.24, 2.45) is 0 Å². The molecule has 0 atom stereocenters. The van der Waals surface area contributed by atoms with Gasteiger partial charge in [0.1, 0.15) is 5.82 Å². The van der Waals surface area contributed by atoms with Gasteiger partial charge in [0.2, 0.25) is 11.6 Å². The van der Waals surface area contributed by atoms with Crippen molar-refractivity contribution in [1.82, 2.24) is 14.4 Å². The Labute approximate surface area is 172 Å². The fourth-order valence-corrected chi connectivity index (χ4v) is 3.72. The summed E-state index contributed by atoms with van der Waals surface area (Å²) in [6, 6.07) is 12.1. The molecule has 0 radical (unpaired) electrons. The van der Waals surface area contributed by atoms with Gasteiger partial charge in [0, 0.05) is 29.2 Å². The Bertz CT molecular complexity index is 1280. The van der Waals surface area contributed by atoms with Crippen molar-refractivity contribution in [2.45, 2.75) is 26.4 Å². The number of nitrogens with zero attached hydrogens (tertiary/aromatic N) is 3. The van der Waals surface area contributed by atoms with Crippen LogP contribution in [0.5, 0.6) is 5.88 Å². The Kier molecular flexibility index (Phi) is 4.24. The van der Waals surface area contributed by atoms with E-state index in [4.69, 9.17) is 9.72 Å². The Balaban J connectivity index is 1.77. The van der Waals surface area contributed by atoms with Crippen molar-refractivity contribution in [3.8, 4) is 28.4 Å². The lowest BCUT2D eigenvalue weighted by molar-refractivity contribution is -0.115. The van der Waals surface area contributed by atoms with Crippen LogP contribution in [0.1, 0.15) is 19.4 Å². The van der Waals surface area contributed by atoms with Crippen LogP contribution in [0.4, 0.5) is 10.1 Å². The van der Waals surface area contributed by atoms with Gasteiger partial charge in [-0.1, -0.05) is 6.07 Å². The van der Waals surface area contributed by atoms with Crippen molar-refractivity contribution >= 4 is 17.2 Å². The standard InChI is InChI=1S/C23H19FN4O2/c1-13(2)30-23-22-27-20(14-3-6-17(24)7-4-14)21(28(22)10-9-25-23)15-5-8-18-16(11-15)12-19(29)26-18/h3-11,13H,12H2,1-2H3,(H,26,29). The summed E-state index contributed by atoms with van der Waals surface area (Å²) in [5.41, 5.74) is 5.54. The topological polar surface area (TPSA) is 68.5 Å². The maximum absolute atomic E-state index is 13.5. The quantitative estimate of drug-likeness (QED) is 0.546. The highest BCUT2D eigenvalue weighted by molar-refractivity contribution is 6.00. The molecular formula is C23H19FN4O2. The summed E-state index contributed by atoms with van der Waals surface area (Å²) in [4.78, 5) is 21.0. The molecule has 1 amide bonds. The van der Waals surface area contributed by atoms with Crippen LogP contribution in [0.15, 0.2) is 54.9 Å². The summed E-state index contributed by atoms with van der Waals surface area (Å²) in [6.45, 7) is 3.86. The number of ether oxygens (including phenoxy) is 1. The van der Waals surface area contributed by atoms with Crippen LogP contribution in [-0.2, 0) is 11.2 Å². The zero-order valence-electron chi connectivity index (χ0n) is 16.5. The third kappa shape index (κ3) is 3.08. The van der Waals surface area contributed by atoms with E-state index in [2.05, 4.69) is 10.3 Å². The number of aromatic nitrogens is 3. The minimum absolute atomic E-state index is 0.0177. The predicted octanol–water partition coefficient (Wildman–Crippen LogP) is 4.48. The van der Waals surface area contributed by atoms with E-state index >= 15 is 0 Å². The van der Waals surface area contributed by atoms with Crippen LogP contribution >= 0.6 is 0 Å².